The Morgan fingerprint density at radius 1 is 1.16 bits per heavy atom. The number of benzene rings is 1. The van der Waals surface area contributed by atoms with Gasteiger partial charge in [0.25, 0.3) is 0 Å². The highest BCUT2D eigenvalue weighted by molar-refractivity contribution is 6.15. The van der Waals surface area contributed by atoms with Crippen molar-refractivity contribution in [2.75, 3.05) is 0 Å². The first-order valence-corrected chi connectivity index (χ1v) is 6.84. The summed E-state index contributed by atoms with van der Waals surface area (Å²) in [6.07, 6.45) is 9.34. The molecule has 94 valence electrons. The SMILES string of the molecule is O=C(NC1CC1)C1=c2ccccc2=C2C=CC=C2C1. The third-order valence-electron chi connectivity index (χ3n) is 4.00. The summed E-state index contributed by atoms with van der Waals surface area (Å²) < 4.78 is 0. The largest absolute Gasteiger partial charge is 0.350 e. The smallest absolute Gasteiger partial charge is 0.248 e. The number of carbonyl (C=O) groups excluding carboxylic acids is 1. The van der Waals surface area contributed by atoms with Crippen molar-refractivity contribution in [2.45, 2.75) is 25.3 Å². The molecule has 1 N–H and O–H groups in total. The van der Waals surface area contributed by atoms with E-state index in [2.05, 4.69) is 35.7 Å². The topological polar surface area (TPSA) is 29.1 Å². The monoisotopic (exact) mass is 249 g/mol. The number of hydrogen-bond donors (Lipinski definition) is 1. The maximum absolute atomic E-state index is 12.4. The second kappa shape index (κ2) is 3.95. The average molecular weight is 249 g/mol. The molecule has 3 aliphatic rings. The Kier molecular flexibility index (Phi) is 2.25. The lowest BCUT2D eigenvalue weighted by Gasteiger charge is -2.16. The Labute approximate surface area is 111 Å². The summed E-state index contributed by atoms with van der Waals surface area (Å²) in [5.74, 6) is 0.113. The van der Waals surface area contributed by atoms with Gasteiger partial charge < -0.3 is 5.32 Å². The van der Waals surface area contributed by atoms with Crippen LogP contribution in [0.25, 0.3) is 11.1 Å². The lowest BCUT2D eigenvalue weighted by atomic mass is 9.90. The van der Waals surface area contributed by atoms with Crippen LogP contribution in [0.5, 0.6) is 0 Å². The Morgan fingerprint density at radius 2 is 1.95 bits per heavy atom. The van der Waals surface area contributed by atoms with Crippen LogP contribution in [0.2, 0.25) is 0 Å². The standard InChI is InChI=1S/C17H15NO/c19-17(18-12-8-9-12)16-10-11-4-3-7-13(11)14-5-1-2-6-15(14)16/h1-7,12H,8-10H2,(H,18,19). The molecule has 4 rings (SSSR count). The van der Waals surface area contributed by atoms with E-state index in [0.717, 1.165) is 30.1 Å². The van der Waals surface area contributed by atoms with E-state index in [-0.39, 0.29) is 5.91 Å². The maximum atomic E-state index is 12.4. The van der Waals surface area contributed by atoms with Crippen LogP contribution in [0.3, 0.4) is 0 Å². The zero-order valence-electron chi connectivity index (χ0n) is 10.6. The molecule has 0 atom stereocenters. The zero-order valence-corrected chi connectivity index (χ0v) is 10.6. The van der Waals surface area contributed by atoms with E-state index < -0.39 is 0 Å². The lowest BCUT2D eigenvalue weighted by Crippen LogP contribution is -2.38. The van der Waals surface area contributed by atoms with Crippen molar-refractivity contribution in [1.29, 1.82) is 0 Å². The van der Waals surface area contributed by atoms with Gasteiger partial charge in [0.2, 0.25) is 5.91 Å². The van der Waals surface area contributed by atoms with E-state index in [9.17, 15) is 4.79 Å². The predicted octanol–water partition coefficient (Wildman–Crippen LogP) is 1.17. The van der Waals surface area contributed by atoms with Crippen LogP contribution in [0.4, 0.5) is 0 Å². The van der Waals surface area contributed by atoms with Gasteiger partial charge in [-0.15, -0.1) is 0 Å². The number of carbonyl (C=O) groups is 1. The van der Waals surface area contributed by atoms with Crippen LogP contribution in [-0.2, 0) is 4.79 Å². The normalized spacial score (nSPS) is 19.9. The molecule has 0 bridgehead atoms. The van der Waals surface area contributed by atoms with Crippen LogP contribution < -0.4 is 15.8 Å². The van der Waals surface area contributed by atoms with Gasteiger partial charge in [0, 0.05) is 18.0 Å². The molecule has 1 aromatic carbocycles. The second-order valence-corrected chi connectivity index (χ2v) is 5.41. The number of allylic oxidation sites excluding steroid dienone is 4. The molecule has 1 saturated carbocycles. The molecule has 0 aliphatic heterocycles. The molecule has 2 nitrogen and oxygen atoms in total. The lowest BCUT2D eigenvalue weighted by molar-refractivity contribution is -0.116. The number of hydrogen-bond acceptors (Lipinski definition) is 1. The summed E-state index contributed by atoms with van der Waals surface area (Å²) in [4.78, 5) is 12.4. The molecule has 1 fully saturated rings. The van der Waals surface area contributed by atoms with E-state index in [4.69, 9.17) is 0 Å². The summed E-state index contributed by atoms with van der Waals surface area (Å²) in [7, 11) is 0. The van der Waals surface area contributed by atoms with Crippen LogP contribution >= 0.6 is 0 Å². The third kappa shape index (κ3) is 1.75. The van der Waals surface area contributed by atoms with Gasteiger partial charge in [0.05, 0.1) is 0 Å². The van der Waals surface area contributed by atoms with E-state index in [1.165, 1.54) is 16.4 Å². The Morgan fingerprint density at radius 3 is 2.74 bits per heavy atom. The molecule has 0 heterocycles. The predicted molar refractivity (Wildman–Crippen MR) is 75.5 cm³/mol. The molecule has 0 spiro atoms. The number of fused-ring (bicyclic) bond motifs is 2. The van der Waals surface area contributed by atoms with Gasteiger partial charge in [-0.3, -0.25) is 4.79 Å². The molecule has 0 unspecified atom stereocenters. The van der Waals surface area contributed by atoms with Gasteiger partial charge in [-0.2, -0.15) is 0 Å². The zero-order chi connectivity index (χ0) is 12.8. The Bertz CT molecular complexity index is 748. The fourth-order valence-electron chi connectivity index (χ4n) is 2.84. The molecule has 1 aromatic rings. The maximum Gasteiger partial charge on any atom is 0.248 e. The molecule has 0 saturated heterocycles. The first-order chi connectivity index (χ1) is 9.33. The molecular weight excluding hydrogens is 234 g/mol. The van der Waals surface area contributed by atoms with Gasteiger partial charge in [0.1, 0.15) is 0 Å². The summed E-state index contributed by atoms with van der Waals surface area (Å²) in [6.45, 7) is 0. The second-order valence-electron chi connectivity index (χ2n) is 5.41. The van der Waals surface area contributed by atoms with Gasteiger partial charge in [0.15, 0.2) is 0 Å². The first kappa shape index (κ1) is 10.8. The highest BCUT2D eigenvalue weighted by Gasteiger charge is 2.27. The molecule has 2 heteroatoms. The van der Waals surface area contributed by atoms with Crippen molar-refractivity contribution in [3.05, 3.63) is 58.5 Å². The van der Waals surface area contributed by atoms with Crippen molar-refractivity contribution < 1.29 is 4.79 Å². The van der Waals surface area contributed by atoms with Gasteiger partial charge in [-0.05, 0) is 34.4 Å². The van der Waals surface area contributed by atoms with Crippen LogP contribution in [0.1, 0.15) is 19.3 Å². The molecule has 0 radical (unpaired) electrons. The van der Waals surface area contributed by atoms with E-state index in [0.29, 0.717) is 6.04 Å². The van der Waals surface area contributed by atoms with Gasteiger partial charge >= 0.3 is 0 Å². The number of nitrogens with one attached hydrogen (secondary N) is 1. The molecular formula is C17H15NO. The third-order valence-corrected chi connectivity index (χ3v) is 4.00. The molecule has 3 aliphatic carbocycles. The van der Waals surface area contributed by atoms with Crippen LogP contribution in [0.15, 0.2) is 48.1 Å². The quantitative estimate of drug-likeness (QED) is 0.837. The van der Waals surface area contributed by atoms with Gasteiger partial charge in [-0.1, -0.05) is 42.5 Å². The highest BCUT2D eigenvalue weighted by atomic mass is 16.1. The van der Waals surface area contributed by atoms with Crippen molar-refractivity contribution in [3.8, 4) is 0 Å². The molecule has 0 aromatic heterocycles. The van der Waals surface area contributed by atoms with E-state index in [1.807, 2.05) is 12.1 Å². The summed E-state index contributed by atoms with van der Waals surface area (Å²) in [6, 6.07) is 8.63. The molecule has 19 heavy (non-hydrogen) atoms. The minimum Gasteiger partial charge on any atom is -0.350 e. The fraction of sp³-hybridized carbons (Fsp3) is 0.235. The Hall–Kier alpha value is -2.09. The minimum atomic E-state index is 0.113. The van der Waals surface area contributed by atoms with Crippen molar-refractivity contribution in [3.63, 3.8) is 0 Å². The van der Waals surface area contributed by atoms with Crippen LogP contribution in [-0.4, -0.2) is 11.9 Å². The summed E-state index contributed by atoms with van der Waals surface area (Å²) >= 11 is 0. The van der Waals surface area contributed by atoms with Crippen molar-refractivity contribution in [2.24, 2.45) is 0 Å². The average Bonchev–Trinajstić information content (AvgIpc) is 3.11. The summed E-state index contributed by atoms with van der Waals surface area (Å²) in [5.41, 5.74) is 3.46. The molecule has 1 amide bonds. The minimum absolute atomic E-state index is 0.113. The van der Waals surface area contributed by atoms with Crippen molar-refractivity contribution in [1.82, 2.24) is 5.32 Å². The van der Waals surface area contributed by atoms with Crippen molar-refractivity contribution >= 4 is 17.1 Å². The Balaban J connectivity index is 1.93. The van der Waals surface area contributed by atoms with E-state index in [1.54, 1.807) is 0 Å². The fourth-order valence-corrected chi connectivity index (χ4v) is 2.84. The summed E-state index contributed by atoms with van der Waals surface area (Å²) in [5, 5.41) is 5.40. The van der Waals surface area contributed by atoms with Crippen LogP contribution in [0, 0.1) is 0 Å². The first-order valence-electron chi connectivity index (χ1n) is 6.84. The van der Waals surface area contributed by atoms with Gasteiger partial charge in [-0.25, -0.2) is 0 Å². The highest BCUT2D eigenvalue weighted by Crippen LogP contribution is 2.28. The van der Waals surface area contributed by atoms with E-state index >= 15 is 0 Å². The number of amides is 1. The number of rotatable bonds is 2.